The lowest BCUT2D eigenvalue weighted by molar-refractivity contribution is -0.166. The van der Waals surface area contributed by atoms with Crippen LogP contribution in [0.15, 0.2) is 107 Å². The van der Waals surface area contributed by atoms with Gasteiger partial charge in [-0.15, -0.1) is 0 Å². The van der Waals surface area contributed by atoms with Crippen molar-refractivity contribution in [2.45, 2.75) is 32.0 Å². The molecule has 54 heavy (non-hydrogen) atoms. The number of halogens is 1. The lowest BCUT2D eigenvalue weighted by Gasteiger charge is -2.31. The largest absolute Gasteiger partial charge is 0.478 e. The van der Waals surface area contributed by atoms with Crippen LogP contribution in [-0.4, -0.2) is 91.7 Å². The first-order chi connectivity index (χ1) is 25.9. The number of dihydropyridines is 1. The highest BCUT2D eigenvalue weighted by molar-refractivity contribution is 6.31. The van der Waals surface area contributed by atoms with E-state index in [9.17, 15) is 39.0 Å². The zero-order chi connectivity index (χ0) is 39.8. The fraction of sp³-hybridized carbons (Fsp3) is 0.263. The van der Waals surface area contributed by atoms with E-state index in [0.717, 1.165) is 0 Å². The van der Waals surface area contributed by atoms with E-state index in [2.05, 4.69) is 5.32 Å². The molecule has 5 N–H and O–H groups in total. The number of hydrogen-bond donors (Lipinski definition) is 4. The first-order valence-electron chi connectivity index (χ1n) is 16.3. The molecular weight excluding hydrogens is 728 g/mol. The zero-order valence-electron chi connectivity index (χ0n) is 29.5. The third-order valence-corrected chi connectivity index (χ3v) is 7.86. The van der Waals surface area contributed by atoms with Gasteiger partial charge in [-0.25, -0.2) is 28.8 Å². The molecule has 3 aromatic rings. The van der Waals surface area contributed by atoms with Crippen molar-refractivity contribution in [2.75, 3.05) is 33.5 Å². The van der Waals surface area contributed by atoms with Crippen molar-refractivity contribution in [3.63, 3.8) is 0 Å². The maximum atomic E-state index is 12.9. The molecular formula is C38H39ClN2O13. The molecule has 1 heterocycles. The van der Waals surface area contributed by atoms with Crippen LogP contribution in [0.2, 0.25) is 5.02 Å². The summed E-state index contributed by atoms with van der Waals surface area (Å²) < 4.78 is 25.3. The highest BCUT2D eigenvalue weighted by atomic mass is 35.5. The quantitative estimate of drug-likeness (QED) is 0.0978. The van der Waals surface area contributed by atoms with Gasteiger partial charge >= 0.3 is 35.8 Å². The average molecular weight is 767 g/mol. The molecule has 4 rings (SSSR count). The number of carboxylic acid groups (broad SMARTS) is 2. The van der Waals surface area contributed by atoms with Gasteiger partial charge in [0.2, 0.25) is 12.2 Å². The molecule has 1 aliphatic heterocycles. The second-order valence-corrected chi connectivity index (χ2v) is 11.5. The molecule has 0 spiro atoms. The lowest BCUT2D eigenvalue weighted by Crippen LogP contribution is -2.45. The van der Waals surface area contributed by atoms with Gasteiger partial charge in [0.15, 0.2) is 0 Å². The van der Waals surface area contributed by atoms with E-state index < -0.39 is 53.9 Å². The number of nitrogens with two attached hydrogens (primary N) is 1. The van der Waals surface area contributed by atoms with Gasteiger partial charge in [-0.2, -0.15) is 0 Å². The Morgan fingerprint density at radius 1 is 0.759 bits per heavy atom. The molecule has 0 fully saturated rings. The predicted molar refractivity (Wildman–Crippen MR) is 192 cm³/mol. The number of allylic oxidation sites excluding steroid dienone is 1. The monoisotopic (exact) mass is 766 g/mol. The Bertz CT molecular complexity index is 1810. The lowest BCUT2D eigenvalue weighted by atomic mass is 9.80. The molecule has 3 atom stereocenters. The Hall–Kier alpha value is -6.03. The minimum Gasteiger partial charge on any atom is -0.478 e. The van der Waals surface area contributed by atoms with E-state index in [4.69, 9.17) is 41.0 Å². The van der Waals surface area contributed by atoms with Gasteiger partial charge < -0.3 is 44.9 Å². The van der Waals surface area contributed by atoms with E-state index in [1.54, 1.807) is 50.2 Å². The van der Waals surface area contributed by atoms with Gasteiger partial charge in [-0.1, -0.05) is 66.2 Å². The standard InChI is InChI=1S/C20H25ClN2O5.C18H14O8/c1-4-28-20(25)18-15(11-27-10-9-22)23-12(2)16(19(24)26-3)17(18)13-7-5-6-8-14(13)21;19-15(20)13(25-17(23)11-7-3-1-4-8-11)14(16(21)22)26-18(24)12-9-5-2-6-10-12/h5-8,17,23H,4,9-11,22H2,1-3H3;1-10,13-14H,(H,19,20)(H,21,22)/t17-;13-,14-/m11/s1. The Labute approximate surface area is 315 Å². The molecule has 0 saturated carbocycles. The van der Waals surface area contributed by atoms with Crippen molar-refractivity contribution in [1.29, 1.82) is 0 Å². The third-order valence-electron chi connectivity index (χ3n) is 7.52. The highest BCUT2D eigenvalue weighted by Gasteiger charge is 2.41. The summed E-state index contributed by atoms with van der Waals surface area (Å²) in [5, 5.41) is 22.0. The van der Waals surface area contributed by atoms with Crippen molar-refractivity contribution >= 4 is 47.4 Å². The van der Waals surface area contributed by atoms with Crippen molar-refractivity contribution < 1.29 is 62.7 Å². The first kappa shape index (κ1) is 42.4. The molecule has 1 aliphatic rings. The fourth-order valence-electron chi connectivity index (χ4n) is 5.12. The van der Waals surface area contributed by atoms with Gasteiger partial charge in [-0.05, 0) is 49.7 Å². The van der Waals surface area contributed by atoms with Gasteiger partial charge in [0.25, 0.3) is 0 Å². The maximum absolute atomic E-state index is 12.9. The molecule has 0 aliphatic carbocycles. The second kappa shape index (κ2) is 20.9. The number of methoxy groups -OCH3 is 1. The molecule has 0 bridgehead atoms. The summed E-state index contributed by atoms with van der Waals surface area (Å²) in [6.45, 7) is 4.42. The molecule has 0 unspecified atom stereocenters. The van der Waals surface area contributed by atoms with Crippen molar-refractivity contribution in [1.82, 2.24) is 5.32 Å². The number of hydrogen-bond acceptors (Lipinski definition) is 13. The molecule has 0 amide bonds. The Balaban J connectivity index is 0.000000291. The summed E-state index contributed by atoms with van der Waals surface area (Å²) in [4.78, 5) is 72.3. The number of benzene rings is 3. The molecule has 0 saturated heterocycles. The van der Waals surface area contributed by atoms with E-state index in [1.807, 2.05) is 0 Å². The minimum atomic E-state index is -2.21. The Kier molecular flexibility index (Phi) is 16.4. The Morgan fingerprint density at radius 2 is 1.26 bits per heavy atom. The molecule has 3 aromatic carbocycles. The van der Waals surface area contributed by atoms with Gasteiger partial charge in [0.05, 0.1) is 60.8 Å². The number of esters is 4. The van der Waals surface area contributed by atoms with Crippen molar-refractivity contribution in [3.8, 4) is 0 Å². The highest BCUT2D eigenvalue weighted by Crippen LogP contribution is 2.41. The fourth-order valence-corrected chi connectivity index (χ4v) is 5.36. The normalized spacial score (nSPS) is 14.6. The maximum Gasteiger partial charge on any atom is 0.349 e. The SMILES string of the molecule is CCOC(=O)C1=C(COCCN)NC(C)=C(C(=O)OC)[C@H]1c1ccccc1Cl.O=C(O[C@@H](C(=O)O)[C@@H](OC(=O)c1ccccc1)C(=O)O)c1ccccc1. The van der Waals surface area contributed by atoms with Crippen LogP contribution in [0.3, 0.4) is 0 Å². The first-order valence-corrected chi connectivity index (χ1v) is 16.7. The summed E-state index contributed by atoms with van der Waals surface area (Å²) in [7, 11) is 1.29. The van der Waals surface area contributed by atoms with Gasteiger partial charge in [0.1, 0.15) is 0 Å². The number of carbonyl (C=O) groups excluding carboxylic acids is 4. The molecule has 0 radical (unpaired) electrons. The zero-order valence-corrected chi connectivity index (χ0v) is 30.2. The number of carboxylic acids is 2. The van der Waals surface area contributed by atoms with E-state index >= 15 is 0 Å². The van der Waals surface area contributed by atoms with Crippen molar-refractivity contribution in [2.24, 2.45) is 5.73 Å². The van der Waals surface area contributed by atoms with Gasteiger partial charge in [0, 0.05) is 17.3 Å². The molecule has 0 aromatic heterocycles. The summed E-state index contributed by atoms with van der Waals surface area (Å²) in [6, 6.07) is 21.9. The minimum absolute atomic E-state index is 0.0253. The third kappa shape index (κ3) is 11.2. The Morgan fingerprint density at radius 3 is 1.70 bits per heavy atom. The van der Waals surface area contributed by atoms with E-state index in [1.165, 1.54) is 55.6 Å². The molecule has 15 nitrogen and oxygen atoms in total. The predicted octanol–water partition coefficient (Wildman–Crippen LogP) is 3.87. The van der Waals surface area contributed by atoms with Crippen LogP contribution < -0.4 is 11.1 Å². The van der Waals surface area contributed by atoms with Crippen LogP contribution in [0.4, 0.5) is 0 Å². The van der Waals surface area contributed by atoms with Crippen LogP contribution in [0.5, 0.6) is 0 Å². The van der Waals surface area contributed by atoms with E-state index in [0.29, 0.717) is 40.7 Å². The number of aliphatic carboxylic acids is 2. The smallest absolute Gasteiger partial charge is 0.349 e. The van der Waals surface area contributed by atoms with Gasteiger partial charge in [-0.3, -0.25) is 0 Å². The van der Waals surface area contributed by atoms with Crippen LogP contribution in [0, 0.1) is 0 Å². The number of ether oxygens (including phenoxy) is 5. The number of rotatable bonds is 15. The van der Waals surface area contributed by atoms with Crippen LogP contribution in [-0.2, 0) is 42.9 Å². The second-order valence-electron chi connectivity index (χ2n) is 11.1. The van der Waals surface area contributed by atoms with Crippen molar-refractivity contribution in [3.05, 3.63) is 129 Å². The summed E-state index contributed by atoms with van der Waals surface area (Å²) in [5.74, 6) is -7.50. The van der Waals surface area contributed by atoms with Crippen LogP contribution in [0.25, 0.3) is 0 Å². The van der Waals surface area contributed by atoms with Crippen LogP contribution in [0.1, 0.15) is 46.0 Å². The number of carbonyl (C=O) groups is 6. The van der Waals surface area contributed by atoms with E-state index in [-0.39, 0.29) is 29.9 Å². The summed E-state index contributed by atoms with van der Waals surface area (Å²) in [6.07, 6.45) is -4.43. The average Bonchev–Trinajstić information content (AvgIpc) is 3.16. The van der Waals surface area contributed by atoms with Crippen LogP contribution >= 0.6 is 11.6 Å². The number of nitrogens with one attached hydrogen (secondary N) is 1. The summed E-state index contributed by atoms with van der Waals surface area (Å²) in [5.41, 5.74) is 7.75. The topological polar surface area (TPSA) is 227 Å². The summed E-state index contributed by atoms with van der Waals surface area (Å²) >= 11 is 6.42. The molecule has 286 valence electrons. The molecule has 16 heteroatoms.